The van der Waals surface area contributed by atoms with Gasteiger partial charge in [-0.25, -0.2) is 4.79 Å². The number of nitrogens with one attached hydrogen (secondary N) is 1. The number of carbonyl (C=O) groups excluding carboxylic acids is 2. The average Bonchev–Trinajstić information content (AvgIpc) is 2.70. The fraction of sp³-hybridized carbons (Fsp3) is 0.182. The Labute approximate surface area is 152 Å². The van der Waals surface area contributed by atoms with Crippen LogP contribution < -0.4 is 5.32 Å². The Kier molecular flexibility index (Phi) is 5.64. The maximum absolute atomic E-state index is 12.6. The van der Waals surface area contributed by atoms with E-state index in [1.54, 1.807) is 6.07 Å². The Morgan fingerprint density at radius 3 is 2.35 bits per heavy atom. The van der Waals surface area contributed by atoms with Crippen molar-refractivity contribution < 1.29 is 14.3 Å². The summed E-state index contributed by atoms with van der Waals surface area (Å²) in [6.45, 7) is 0. The monoisotopic (exact) mass is 347 g/mol. The number of carbonyl (C=O) groups is 2. The fourth-order valence-electron chi connectivity index (χ4n) is 2.92. The number of benzene rings is 3. The zero-order chi connectivity index (χ0) is 18.4. The average molecular weight is 347 g/mol. The van der Waals surface area contributed by atoms with E-state index >= 15 is 0 Å². The summed E-state index contributed by atoms with van der Waals surface area (Å²) in [6.07, 6.45) is 1.16. The molecule has 0 radical (unpaired) electrons. The van der Waals surface area contributed by atoms with Crippen LogP contribution in [-0.4, -0.2) is 25.0 Å². The van der Waals surface area contributed by atoms with Crippen molar-refractivity contribution in [2.45, 2.75) is 18.9 Å². The molecule has 132 valence electrons. The van der Waals surface area contributed by atoms with Crippen LogP contribution >= 0.6 is 0 Å². The van der Waals surface area contributed by atoms with Gasteiger partial charge in [-0.3, -0.25) is 4.79 Å². The van der Waals surface area contributed by atoms with Crippen LogP contribution in [-0.2, 0) is 16.0 Å². The van der Waals surface area contributed by atoms with Gasteiger partial charge < -0.3 is 10.1 Å². The lowest BCUT2D eigenvalue weighted by Gasteiger charge is -2.17. The Morgan fingerprint density at radius 1 is 0.923 bits per heavy atom. The van der Waals surface area contributed by atoms with Crippen LogP contribution in [0.15, 0.2) is 72.8 Å². The summed E-state index contributed by atoms with van der Waals surface area (Å²) >= 11 is 0. The molecule has 3 rings (SSSR count). The van der Waals surface area contributed by atoms with Gasteiger partial charge in [-0.1, -0.05) is 60.7 Å². The van der Waals surface area contributed by atoms with Crippen LogP contribution in [0.25, 0.3) is 10.8 Å². The molecule has 0 fully saturated rings. The van der Waals surface area contributed by atoms with Crippen molar-refractivity contribution in [3.05, 3.63) is 83.9 Å². The summed E-state index contributed by atoms with van der Waals surface area (Å²) in [6, 6.07) is 22.5. The minimum atomic E-state index is -0.681. The molecule has 0 spiro atoms. The zero-order valence-corrected chi connectivity index (χ0v) is 14.6. The van der Waals surface area contributed by atoms with E-state index in [-0.39, 0.29) is 5.91 Å². The molecule has 0 bridgehead atoms. The molecule has 1 amide bonds. The molecule has 0 aromatic heterocycles. The predicted molar refractivity (Wildman–Crippen MR) is 102 cm³/mol. The van der Waals surface area contributed by atoms with Gasteiger partial charge in [0.25, 0.3) is 5.91 Å². The Morgan fingerprint density at radius 2 is 1.62 bits per heavy atom. The molecule has 3 aromatic rings. The number of ether oxygens (including phenoxy) is 1. The highest BCUT2D eigenvalue weighted by Gasteiger charge is 2.22. The lowest BCUT2D eigenvalue weighted by Crippen LogP contribution is -2.41. The third kappa shape index (κ3) is 4.28. The molecular weight excluding hydrogens is 326 g/mol. The second-order valence-corrected chi connectivity index (χ2v) is 6.14. The Balaban J connectivity index is 1.72. The van der Waals surface area contributed by atoms with Crippen molar-refractivity contribution in [3.63, 3.8) is 0 Å². The van der Waals surface area contributed by atoms with Crippen LogP contribution in [0.1, 0.15) is 22.3 Å². The number of esters is 1. The van der Waals surface area contributed by atoms with Gasteiger partial charge in [0.1, 0.15) is 6.04 Å². The molecule has 0 unspecified atom stereocenters. The summed E-state index contributed by atoms with van der Waals surface area (Å²) in [5.74, 6) is -0.714. The second kappa shape index (κ2) is 8.30. The number of amides is 1. The molecule has 0 heterocycles. The molecule has 0 saturated heterocycles. The quantitative estimate of drug-likeness (QED) is 0.691. The van der Waals surface area contributed by atoms with E-state index < -0.39 is 12.0 Å². The molecule has 26 heavy (non-hydrogen) atoms. The zero-order valence-electron chi connectivity index (χ0n) is 14.6. The van der Waals surface area contributed by atoms with Gasteiger partial charge >= 0.3 is 5.97 Å². The van der Waals surface area contributed by atoms with Crippen molar-refractivity contribution >= 4 is 22.6 Å². The van der Waals surface area contributed by atoms with Crippen molar-refractivity contribution in [2.75, 3.05) is 7.11 Å². The predicted octanol–water partition coefficient (Wildman–Crippen LogP) is 3.74. The molecule has 0 aliphatic rings. The van der Waals surface area contributed by atoms with Crippen molar-refractivity contribution in [2.24, 2.45) is 0 Å². The fourth-order valence-corrected chi connectivity index (χ4v) is 2.92. The maximum atomic E-state index is 12.6. The number of fused-ring (bicyclic) bond motifs is 1. The molecule has 1 atom stereocenters. The van der Waals surface area contributed by atoms with Crippen molar-refractivity contribution in [1.82, 2.24) is 5.32 Å². The number of hydrogen-bond donors (Lipinski definition) is 1. The van der Waals surface area contributed by atoms with E-state index in [9.17, 15) is 9.59 Å². The summed E-state index contributed by atoms with van der Waals surface area (Å²) in [7, 11) is 1.33. The van der Waals surface area contributed by atoms with Gasteiger partial charge in [0.15, 0.2) is 0 Å². The largest absolute Gasteiger partial charge is 0.467 e. The van der Waals surface area contributed by atoms with E-state index in [1.807, 2.05) is 66.7 Å². The van der Waals surface area contributed by atoms with Crippen LogP contribution in [0.3, 0.4) is 0 Å². The first-order chi connectivity index (χ1) is 12.7. The minimum Gasteiger partial charge on any atom is -0.467 e. The lowest BCUT2D eigenvalue weighted by atomic mass is 10.0. The minimum absolute atomic E-state index is 0.279. The van der Waals surface area contributed by atoms with Crippen LogP contribution in [0.2, 0.25) is 0 Å². The van der Waals surface area contributed by atoms with Gasteiger partial charge in [-0.05, 0) is 41.3 Å². The van der Waals surface area contributed by atoms with E-state index in [4.69, 9.17) is 4.74 Å². The molecule has 1 N–H and O–H groups in total. The first-order valence-corrected chi connectivity index (χ1v) is 8.59. The molecule has 0 aliphatic carbocycles. The Hall–Kier alpha value is -3.14. The summed E-state index contributed by atoms with van der Waals surface area (Å²) in [5.41, 5.74) is 1.64. The second-order valence-electron chi connectivity index (χ2n) is 6.14. The number of rotatable bonds is 6. The molecule has 0 aliphatic heterocycles. The lowest BCUT2D eigenvalue weighted by molar-refractivity contribution is -0.143. The summed E-state index contributed by atoms with van der Waals surface area (Å²) in [5, 5.41) is 4.86. The van der Waals surface area contributed by atoms with Crippen LogP contribution in [0.5, 0.6) is 0 Å². The van der Waals surface area contributed by atoms with Gasteiger partial charge in [0.05, 0.1) is 7.11 Å². The molecule has 0 saturated carbocycles. The molecular formula is C22H21NO3. The number of methoxy groups -OCH3 is 1. The van der Waals surface area contributed by atoms with E-state index in [1.165, 1.54) is 7.11 Å². The summed E-state index contributed by atoms with van der Waals surface area (Å²) < 4.78 is 4.85. The third-order valence-electron chi connectivity index (χ3n) is 4.37. The highest BCUT2D eigenvalue weighted by Crippen LogP contribution is 2.16. The SMILES string of the molecule is COC(=O)[C@@H](CCc1ccccc1)NC(=O)c1ccc2ccccc2c1. The smallest absolute Gasteiger partial charge is 0.328 e. The standard InChI is InChI=1S/C22H21NO3/c1-26-22(25)20(14-11-16-7-3-2-4-8-16)23-21(24)19-13-12-17-9-5-6-10-18(17)15-19/h2-10,12-13,15,20H,11,14H2,1H3,(H,23,24)/t20-/m1/s1. The normalized spacial score (nSPS) is 11.7. The van der Waals surface area contributed by atoms with Gasteiger partial charge in [0.2, 0.25) is 0 Å². The van der Waals surface area contributed by atoms with Gasteiger partial charge in [-0.15, -0.1) is 0 Å². The number of aryl methyl sites for hydroxylation is 1. The highest BCUT2D eigenvalue weighted by molar-refractivity contribution is 6.00. The van der Waals surface area contributed by atoms with E-state index in [0.29, 0.717) is 18.4 Å². The molecule has 4 nitrogen and oxygen atoms in total. The van der Waals surface area contributed by atoms with Crippen LogP contribution in [0, 0.1) is 0 Å². The molecule has 4 heteroatoms. The first kappa shape index (κ1) is 17.7. The number of hydrogen-bond acceptors (Lipinski definition) is 3. The third-order valence-corrected chi connectivity index (χ3v) is 4.37. The van der Waals surface area contributed by atoms with Gasteiger partial charge in [-0.2, -0.15) is 0 Å². The Bertz CT molecular complexity index is 905. The van der Waals surface area contributed by atoms with E-state index in [0.717, 1.165) is 16.3 Å². The van der Waals surface area contributed by atoms with Gasteiger partial charge in [0, 0.05) is 5.56 Å². The first-order valence-electron chi connectivity index (χ1n) is 8.59. The van der Waals surface area contributed by atoms with E-state index in [2.05, 4.69) is 5.32 Å². The highest BCUT2D eigenvalue weighted by atomic mass is 16.5. The summed E-state index contributed by atoms with van der Waals surface area (Å²) in [4.78, 5) is 24.7. The van der Waals surface area contributed by atoms with Crippen LogP contribution in [0.4, 0.5) is 0 Å². The maximum Gasteiger partial charge on any atom is 0.328 e. The van der Waals surface area contributed by atoms with Crippen molar-refractivity contribution in [1.29, 1.82) is 0 Å². The molecule has 3 aromatic carbocycles. The topological polar surface area (TPSA) is 55.4 Å². The van der Waals surface area contributed by atoms with Crippen molar-refractivity contribution in [3.8, 4) is 0 Å².